The summed E-state index contributed by atoms with van der Waals surface area (Å²) in [5.74, 6) is 0. The minimum absolute atomic E-state index is 0. The Morgan fingerprint density at radius 1 is 1.05 bits per heavy atom. The second kappa shape index (κ2) is 14.9. The standard InChI is InChI=1S/C14H20O.C2H6.2H3N/c1-4-5-13-6-8-14(9-7-13)10-11-15-12(2)3;1-2;;/h4-9,12H,10-11H2,1-3H3;1-2H3;2*1H3/b5-4+;;;. The van der Waals surface area contributed by atoms with Crippen molar-refractivity contribution in [3.05, 3.63) is 41.5 Å². The number of rotatable bonds is 5. The van der Waals surface area contributed by atoms with Crippen LogP contribution in [0, 0.1) is 0 Å². The van der Waals surface area contributed by atoms with Crippen molar-refractivity contribution in [1.29, 1.82) is 0 Å². The van der Waals surface area contributed by atoms with Crippen molar-refractivity contribution in [2.45, 2.75) is 47.1 Å². The molecule has 3 heteroatoms. The van der Waals surface area contributed by atoms with Crippen molar-refractivity contribution in [2.24, 2.45) is 0 Å². The van der Waals surface area contributed by atoms with Crippen LogP contribution in [-0.4, -0.2) is 12.7 Å². The average molecular weight is 268 g/mol. The van der Waals surface area contributed by atoms with E-state index in [1.807, 2.05) is 20.8 Å². The van der Waals surface area contributed by atoms with E-state index in [0.29, 0.717) is 6.10 Å². The van der Waals surface area contributed by atoms with Crippen LogP contribution >= 0.6 is 0 Å². The van der Waals surface area contributed by atoms with E-state index >= 15 is 0 Å². The number of hydrogen-bond acceptors (Lipinski definition) is 3. The largest absolute Gasteiger partial charge is 0.378 e. The summed E-state index contributed by atoms with van der Waals surface area (Å²) in [6.45, 7) is 11.0. The van der Waals surface area contributed by atoms with Gasteiger partial charge in [0.05, 0.1) is 12.7 Å². The summed E-state index contributed by atoms with van der Waals surface area (Å²) < 4.78 is 5.51. The highest BCUT2D eigenvalue weighted by Crippen LogP contribution is 2.07. The third kappa shape index (κ3) is 11.7. The third-order valence-corrected chi connectivity index (χ3v) is 2.18. The highest BCUT2D eigenvalue weighted by atomic mass is 16.5. The minimum atomic E-state index is 0. The van der Waals surface area contributed by atoms with Gasteiger partial charge in [0.15, 0.2) is 0 Å². The normalized spacial score (nSPS) is 9.37. The van der Waals surface area contributed by atoms with Gasteiger partial charge in [-0.15, -0.1) is 0 Å². The monoisotopic (exact) mass is 268 g/mol. The fourth-order valence-electron chi connectivity index (χ4n) is 1.40. The van der Waals surface area contributed by atoms with Gasteiger partial charge < -0.3 is 17.0 Å². The van der Waals surface area contributed by atoms with E-state index in [-0.39, 0.29) is 12.3 Å². The quantitative estimate of drug-likeness (QED) is 0.785. The first kappa shape index (κ1) is 23.0. The van der Waals surface area contributed by atoms with E-state index < -0.39 is 0 Å². The van der Waals surface area contributed by atoms with Gasteiger partial charge >= 0.3 is 0 Å². The zero-order chi connectivity index (χ0) is 13.1. The van der Waals surface area contributed by atoms with Crippen LogP contribution in [0.2, 0.25) is 0 Å². The van der Waals surface area contributed by atoms with Crippen LogP contribution in [-0.2, 0) is 11.2 Å². The molecular formula is C16H32N2O. The maximum Gasteiger partial charge on any atom is 0.0519 e. The zero-order valence-electron chi connectivity index (χ0n) is 13.3. The zero-order valence-corrected chi connectivity index (χ0v) is 13.3. The van der Waals surface area contributed by atoms with Crippen molar-refractivity contribution in [1.82, 2.24) is 12.3 Å². The Hall–Kier alpha value is -1.16. The molecule has 0 aliphatic rings. The molecule has 0 aliphatic carbocycles. The predicted molar refractivity (Wildman–Crippen MR) is 87.3 cm³/mol. The van der Waals surface area contributed by atoms with Crippen molar-refractivity contribution < 1.29 is 4.74 Å². The second-order valence-corrected chi connectivity index (χ2v) is 3.91. The Balaban J connectivity index is -0.000000609. The molecule has 0 saturated carbocycles. The summed E-state index contributed by atoms with van der Waals surface area (Å²) in [4.78, 5) is 0. The van der Waals surface area contributed by atoms with Crippen LogP contribution in [0.1, 0.15) is 45.7 Å². The average Bonchev–Trinajstić information content (AvgIpc) is 2.34. The molecule has 0 saturated heterocycles. The Morgan fingerprint density at radius 2 is 1.58 bits per heavy atom. The van der Waals surface area contributed by atoms with Crippen LogP contribution in [0.15, 0.2) is 30.3 Å². The highest BCUT2D eigenvalue weighted by molar-refractivity contribution is 5.49. The van der Waals surface area contributed by atoms with E-state index in [0.717, 1.165) is 13.0 Å². The summed E-state index contributed by atoms with van der Waals surface area (Å²) in [5, 5.41) is 0. The van der Waals surface area contributed by atoms with Crippen LogP contribution in [0.5, 0.6) is 0 Å². The molecule has 0 radical (unpaired) electrons. The molecule has 1 aromatic rings. The Kier molecular flexibility index (Phi) is 18.0. The lowest BCUT2D eigenvalue weighted by Gasteiger charge is -2.07. The first-order valence-electron chi connectivity index (χ1n) is 6.55. The van der Waals surface area contributed by atoms with E-state index in [4.69, 9.17) is 4.74 Å². The molecule has 0 fully saturated rings. The molecule has 1 aromatic carbocycles. The van der Waals surface area contributed by atoms with E-state index in [1.54, 1.807) is 0 Å². The second-order valence-electron chi connectivity index (χ2n) is 3.91. The molecule has 0 spiro atoms. The van der Waals surface area contributed by atoms with Gasteiger partial charge in [-0.3, -0.25) is 0 Å². The molecule has 0 atom stereocenters. The predicted octanol–water partition coefficient (Wildman–Crippen LogP) is 5.04. The van der Waals surface area contributed by atoms with Crippen molar-refractivity contribution in [3.63, 3.8) is 0 Å². The molecule has 1 rings (SSSR count). The molecule has 0 bridgehead atoms. The van der Waals surface area contributed by atoms with Gasteiger partial charge in [-0.2, -0.15) is 0 Å². The molecule has 0 aromatic heterocycles. The highest BCUT2D eigenvalue weighted by Gasteiger charge is 1.95. The van der Waals surface area contributed by atoms with Crippen LogP contribution < -0.4 is 12.3 Å². The molecule has 6 N–H and O–H groups in total. The van der Waals surface area contributed by atoms with Gasteiger partial charge in [-0.25, -0.2) is 0 Å². The van der Waals surface area contributed by atoms with Crippen LogP contribution in [0.4, 0.5) is 0 Å². The fraction of sp³-hybridized carbons (Fsp3) is 0.500. The lowest BCUT2D eigenvalue weighted by atomic mass is 10.1. The maximum absolute atomic E-state index is 5.51. The Morgan fingerprint density at radius 3 is 2.00 bits per heavy atom. The van der Waals surface area contributed by atoms with Crippen LogP contribution in [0.25, 0.3) is 6.08 Å². The van der Waals surface area contributed by atoms with E-state index in [1.165, 1.54) is 11.1 Å². The number of benzene rings is 1. The summed E-state index contributed by atoms with van der Waals surface area (Å²) >= 11 is 0. The molecule has 112 valence electrons. The first-order valence-corrected chi connectivity index (χ1v) is 6.55. The van der Waals surface area contributed by atoms with Gasteiger partial charge in [0.25, 0.3) is 0 Å². The number of ether oxygens (including phenoxy) is 1. The van der Waals surface area contributed by atoms with E-state index in [9.17, 15) is 0 Å². The summed E-state index contributed by atoms with van der Waals surface area (Å²) in [7, 11) is 0. The van der Waals surface area contributed by atoms with Gasteiger partial charge in [-0.1, -0.05) is 50.3 Å². The minimum Gasteiger partial charge on any atom is -0.378 e. The third-order valence-electron chi connectivity index (χ3n) is 2.18. The molecule has 0 heterocycles. The lowest BCUT2D eigenvalue weighted by molar-refractivity contribution is 0.0813. The Labute approximate surface area is 119 Å². The summed E-state index contributed by atoms with van der Waals surface area (Å²) in [6, 6.07) is 8.62. The summed E-state index contributed by atoms with van der Waals surface area (Å²) in [6.07, 6.45) is 5.48. The van der Waals surface area contributed by atoms with E-state index in [2.05, 4.69) is 50.3 Å². The Bertz CT molecular complexity index is 305. The topological polar surface area (TPSA) is 79.2 Å². The van der Waals surface area contributed by atoms with Gasteiger partial charge in [0.2, 0.25) is 0 Å². The molecule has 0 aliphatic heterocycles. The number of allylic oxidation sites excluding steroid dienone is 1. The lowest BCUT2D eigenvalue weighted by Crippen LogP contribution is -2.05. The molecule has 3 nitrogen and oxygen atoms in total. The molecule has 19 heavy (non-hydrogen) atoms. The smallest absolute Gasteiger partial charge is 0.0519 e. The van der Waals surface area contributed by atoms with Gasteiger partial charge in [0.1, 0.15) is 0 Å². The summed E-state index contributed by atoms with van der Waals surface area (Å²) in [5.41, 5.74) is 2.59. The van der Waals surface area contributed by atoms with Crippen molar-refractivity contribution in [2.75, 3.05) is 6.61 Å². The molecule has 0 amide bonds. The number of hydrogen-bond donors (Lipinski definition) is 2. The SMILES string of the molecule is C/C=C/c1ccc(CCOC(C)C)cc1.CC.N.N. The van der Waals surface area contributed by atoms with Crippen molar-refractivity contribution >= 4 is 6.08 Å². The first-order chi connectivity index (χ1) is 8.22. The molecule has 0 unspecified atom stereocenters. The van der Waals surface area contributed by atoms with Crippen molar-refractivity contribution in [3.8, 4) is 0 Å². The van der Waals surface area contributed by atoms with Gasteiger partial charge in [0, 0.05) is 0 Å². The fourth-order valence-corrected chi connectivity index (χ4v) is 1.40. The van der Waals surface area contributed by atoms with Gasteiger partial charge in [-0.05, 0) is 38.3 Å². The maximum atomic E-state index is 5.51. The van der Waals surface area contributed by atoms with Crippen LogP contribution in [0.3, 0.4) is 0 Å². The molecular weight excluding hydrogens is 236 g/mol.